The lowest BCUT2D eigenvalue weighted by molar-refractivity contribution is -0.133. The smallest absolute Gasteiger partial charge is 0.222 e. The molecule has 1 aromatic carbocycles. The van der Waals surface area contributed by atoms with Crippen LogP contribution < -0.4 is 14.8 Å². The van der Waals surface area contributed by atoms with Crippen molar-refractivity contribution in [1.82, 2.24) is 5.32 Å². The second-order valence-electron chi connectivity index (χ2n) is 7.38. The molecule has 6 nitrogen and oxygen atoms in total. The number of nitrogens with one attached hydrogen (secondary N) is 1. The monoisotopic (exact) mass is 377 g/mol. The fourth-order valence-electron chi connectivity index (χ4n) is 4.33. The highest BCUT2D eigenvalue weighted by Crippen LogP contribution is 2.42. The molecular weight excluding hydrogens is 346 g/mol. The summed E-state index contributed by atoms with van der Waals surface area (Å²) in [5.41, 5.74) is 1.06. The molecule has 27 heavy (non-hydrogen) atoms. The minimum Gasteiger partial charge on any atom is -0.493 e. The van der Waals surface area contributed by atoms with Gasteiger partial charge in [-0.05, 0) is 37.0 Å². The van der Waals surface area contributed by atoms with E-state index in [1.165, 1.54) is 12.8 Å². The quantitative estimate of drug-likeness (QED) is 0.790. The SMILES string of the molecule is COCCC(=O)N[C@@H]1C[C@H](c2ccc(OC)c(OC)c2)O[C@@H]2CCCC[C@@H]12. The molecule has 0 radical (unpaired) electrons. The van der Waals surface area contributed by atoms with Crippen LogP contribution in [0, 0.1) is 5.92 Å². The molecule has 0 aromatic heterocycles. The molecule has 2 fully saturated rings. The molecule has 6 heteroatoms. The number of hydrogen-bond acceptors (Lipinski definition) is 5. The zero-order valence-electron chi connectivity index (χ0n) is 16.5. The van der Waals surface area contributed by atoms with Crippen LogP contribution in [-0.2, 0) is 14.3 Å². The number of benzene rings is 1. The highest BCUT2D eigenvalue weighted by Gasteiger charge is 2.41. The Balaban J connectivity index is 1.77. The molecule has 0 unspecified atom stereocenters. The summed E-state index contributed by atoms with van der Waals surface area (Å²) >= 11 is 0. The van der Waals surface area contributed by atoms with Gasteiger partial charge in [0.25, 0.3) is 0 Å². The third-order valence-electron chi connectivity index (χ3n) is 5.74. The summed E-state index contributed by atoms with van der Waals surface area (Å²) in [4.78, 5) is 12.3. The number of ether oxygens (including phenoxy) is 4. The maximum Gasteiger partial charge on any atom is 0.222 e. The molecule has 0 bridgehead atoms. The van der Waals surface area contributed by atoms with Gasteiger partial charge in [0.1, 0.15) is 0 Å². The fourth-order valence-corrected chi connectivity index (χ4v) is 4.33. The summed E-state index contributed by atoms with van der Waals surface area (Å²) in [7, 11) is 4.89. The fraction of sp³-hybridized carbons (Fsp3) is 0.667. The van der Waals surface area contributed by atoms with Crippen LogP contribution >= 0.6 is 0 Å². The number of rotatable bonds is 7. The Labute approximate surface area is 161 Å². The normalized spacial score (nSPS) is 27.5. The van der Waals surface area contributed by atoms with E-state index in [1.807, 2.05) is 18.2 Å². The van der Waals surface area contributed by atoms with Crippen LogP contribution in [0.5, 0.6) is 11.5 Å². The number of hydrogen-bond donors (Lipinski definition) is 1. The molecule has 1 saturated carbocycles. The highest BCUT2D eigenvalue weighted by atomic mass is 16.5. The largest absolute Gasteiger partial charge is 0.493 e. The minimum absolute atomic E-state index is 0.0548. The first-order chi connectivity index (χ1) is 13.2. The lowest BCUT2D eigenvalue weighted by atomic mass is 9.76. The molecule has 1 N–H and O–H groups in total. The van der Waals surface area contributed by atoms with Gasteiger partial charge in [-0.25, -0.2) is 0 Å². The summed E-state index contributed by atoms with van der Waals surface area (Å²) in [6.07, 6.45) is 5.86. The van der Waals surface area contributed by atoms with E-state index in [4.69, 9.17) is 18.9 Å². The first kappa shape index (κ1) is 20.0. The van der Waals surface area contributed by atoms with Gasteiger partial charge in [-0.1, -0.05) is 18.9 Å². The lowest BCUT2D eigenvalue weighted by Crippen LogP contribution is -2.51. The molecular formula is C21H31NO5. The van der Waals surface area contributed by atoms with Crippen molar-refractivity contribution in [2.45, 2.75) is 56.8 Å². The second kappa shape index (κ2) is 9.42. The Hall–Kier alpha value is -1.79. The second-order valence-corrected chi connectivity index (χ2v) is 7.38. The van der Waals surface area contributed by atoms with Crippen molar-refractivity contribution < 1.29 is 23.7 Å². The zero-order chi connectivity index (χ0) is 19.2. The predicted molar refractivity (Wildman–Crippen MR) is 102 cm³/mol. The Morgan fingerprint density at radius 3 is 2.67 bits per heavy atom. The van der Waals surface area contributed by atoms with Gasteiger partial charge in [-0.15, -0.1) is 0 Å². The number of fused-ring (bicyclic) bond motifs is 1. The lowest BCUT2D eigenvalue weighted by Gasteiger charge is -2.45. The molecule has 3 rings (SSSR count). The summed E-state index contributed by atoms with van der Waals surface area (Å²) in [6, 6.07) is 6.05. The molecule has 1 amide bonds. The molecule has 0 spiro atoms. The van der Waals surface area contributed by atoms with Crippen molar-refractivity contribution in [1.29, 1.82) is 0 Å². The summed E-state index contributed by atoms with van der Waals surface area (Å²) in [6.45, 7) is 0.447. The molecule has 1 aliphatic heterocycles. The van der Waals surface area contributed by atoms with Gasteiger partial charge in [-0.3, -0.25) is 4.79 Å². The minimum atomic E-state index is -0.0584. The van der Waals surface area contributed by atoms with Gasteiger partial charge in [0.15, 0.2) is 11.5 Å². The summed E-state index contributed by atoms with van der Waals surface area (Å²) in [5.74, 6) is 1.85. The van der Waals surface area contributed by atoms with E-state index >= 15 is 0 Å². The number of carbonyl (C=O) groups is 1. The Morgan fingerprint density at radius 2 is 1.93 bits per heavy atom. The van der Waals surface area contributed by atoms with E-state index in [2.05, 4.69) is 5.32 Å². The number of carbonyl (C=O) groups excluding carboxylic acids is 1. The Morgan fingerprint density at radius 1 is 1.15 bits per heavy atom. The zero-order valence-corrected chi connectivity index (χ0v) is 16.5. The average molecular weight is 377 g/mol. The topological polar surface area (TPSA) is 66.0 Å². The van der Waals surface area contributed by atoms with Crippen molar-refractivity contribution in [2.75, 3.05) is 27.9 Å². The average Bonchev–Trinajstić information content (AvgIpc) is 2.71. The Bertz CT molecular complexity index is 635. The molecule has 150 valence electrons. The van der Waals surface area contributed by atoms with Crippen molar-refractivity contribution >= 4 is 5.91 Å². The van der Waals surface area contributed by atoms with Gasteiger partial charge in [0.2, 0.25) is 5.91 Å². The molecule has 1 aromatic rings. The molecule has 2 aliphatic rings. The van der Waals surface area contributed by atoms with Crippen LogP contribution in [0.3, 0.4) is 0 Å². The molecule has 1 heterocycles. The van der Waals surface area contributed by atoms with E-state index < -0.39 is 0 Å². The van der Waals surface area contributed by atoms with Gasteiger partial charge in [0, 0.05) is 25.5 Å². The van der Waals surface area contributed by atoms with Crippen molar-refractivity contribution in [2.24, 2.45) is 5.92 Å². The molecule has 1 aliphatic carbocycles. The van der Waals surface area contributed by atoms with Crippen LogP contribution in [-0.4, -0.2) is 46.0 Å². The van der Waals surface area contributed by atoms with Gasteiger partial charge < -0.3 is 24.3 Å². The van der Waals surface area contributed by atoms with E-state index in [1.54, 1.807) is 21.3 Å². The first-order valence-electron chi connectivity index (χ1n) is 9.82. The Kier molecular flexibility index (Phi) is 6.96. The predicted octanol–water partition coefficient (Wildman–Crippen LogP) is 3.25. The van der Waals surface area contributed by atoms with E-state index in [9.17, 15) is 4.79 Å². The van der Waals surface area contributed by atoms with Crippen LogP contribution in [0.2, 0.25) is 0 Å². The van der Waals surface area contributed by atoms with Gasteiger partial charge in [0.05, 0.1) is 33.0 Å². The van der Waals surface area contributed by atoms with E-state index in [0.717, 1.165) is 24.8 Å². The van der Waals surface area contributed by atoms with Crippen molar-refractivity contribution in [3.63, 3.8) is 0 Å². The number of methoxy groups -OCH3 is 3. The third kappa shape index (κ3) is 4.74. The molecule has 4 atom stereocenters. The van der Waals surface area contributed by atoms with Gasteiger partial charge in [-0.2, -0.15) is 0 Å². The maximum atomic E-state index is 12.3. The first-order valence-corrected chi connectivity index (χ1v) is 9.82. The summed E-state index contributed by atoms with van der Waals surface area (Å²) in [5, 5.41) is 3.25. The molecule has 1 saturated heterocycles. The maximum absolute atomic E-state index is 12.3. The number of amides is 1. The summed E-state index contributed by atoms with van der Waals surface area (Å²) < 4.78 is 22.3. The van der Waals surface area contributed by atoms with E-state index in [0.29, 0.717) is 30.4 Å². The van der Waals surface area contributed by atoms with Crippen molar-refractivity contribution in [3.8, 4) is 11.5 Å². The van der Waals surface area contributed by atoms with Crippen LogP contribution in [0.1, 0.15) is 50.2 Å². The van der Waals surface area contributed by atoms with Crippen LogP contribution in [0.25, 0.3) is 0 Å². The standard InChI is InChI=1S/C21H31NO5/c1-24-11-10-21(23)22-16-13-19(27-17-7-5-4-6-15(16)17)14-8-9-18(25-2)20(12-14)26-3/h8-9,12,15-17,19H,4-7,10-11,13H2,1-3H3,(H,22,23)/t15-,16+,17+,19+/m0/s1. The van der Waals surface area contributed by atoms with Gasteiger partial charge >= 0.3 is 0 Å². The third-order valence-corrected chi connectivity index (χ3v) is 5.74. The van der Waals surface area contributed by atoms with Crippen molar-refractivity contribution in [3.05, 3.63) is 23.8 Å². The highest BCUT2D eigenvalue weighted by molar-refractivity contribution is 5.76. The van der Waals surface area contributed by atoms with Crippen LogP contribution in [0.15, 0.2) is 18.2 Å². The van der Waals surface area contributed by atoms with Crippen LogP contribution in [0.4, 0.5) is 0 Å². The van der Waals surface area contributed by atoms with E-state index in [-0.39, 0.29) is 24.2 Å².